The van der Waals surface area contributed by atoms with Crippen molar-refractivity contribution in [2.75, 3.05) is 6.61 Å². The van der Waals surface area contributed by atoms with Crippen LogP contribution in [0.4, 0.5) is 0 Å². The molecule has 4 aromatic rings. The molecule has 0 aliphatic rings. The molecule has 0 amide bonds. The Kier molecular flexibility index (Phi) is 4.13. The van der Waals surface area contributed by atoms with Crippen molar-refractivity contribution in [1.82, 2.24) is 4.98 Å². The molecule has 0 aliphatic carbocycles. The van der Waals surface area contributed by atoms with Crippen LogP contribution < -0.4 is 0 Å². The Labute approximate surface area is 152 Å². The lowest BCUT2D eigenvalue weighted by Gasteiger charge is -2.15. The Hall–Kier alpha value is -3.20. The number of fused-ring (bicyclic) bond motifs is 3. The number of carbonyl (C=O) groups is 1. The lowest BCUT2D eigenvalue weighted by atomic mass is 9.94. The van der Waals surface area contributed by atoms with E-state index in [-0.39, 0.29) is 5.97 Å². The van der Waals surface area contributed by atoms with Crippen LogP contribution in [0.5, 0.6) is 0 Å². The maximum Gasteiger partial charge on any atom is 0.340 e. The second kappa shape index (κ2) is 6.60. The minimum absolute atomic E-state index is 0.328. The third-order valence-corrected chi connectivity index (χ3v) is 4.65. The van der Waals surface area contributed by atoms with Crippen LogP contribution in [-0.2, 0) is 4.74 Å². The number of ether oxygens (including phenoxy) is 1. The zero-order valence-corrected chi connectivity index (χ0v) is 14.8. The van der Waals surface area contributed by atoms with Gasteiger partial charge in [0.25, 0.3) is 0 Å². The van der Waals surface area contributed by atoms with Gasteiger partial charge in [0.05, 0.1) is 23.4 Å². The number of pyridine rings is 1. The van der Waals surface area contributed by atoms with Crippen molar-refractivity contribution >= 4 is 27.6 Å². The zero-order chi connectivity index (χ0) is 18.1. The van der Waals surface area contributed by atoms with Crippen molar-refractivity contribution < 1.29 is 9.53 Å². The Balaban J connectivity index is 2.12. The number of hydrogen-bond acceptors (Lipinski definition) is 3. The maximum absolute atomic E-state index is 12.8. The van der Waals surface area contributed by atoms with Crippen LogP contribution >= 0.6 is 0 Å². The van der Waals surface area contributed by atoms with Crippen LogP contribution in [-0.4, -0.2) is 17.6 Å². The summed E-state index contributed by atoms with van der Waals surface area (Å²) in [7, 11) is 0. The largest absolute Gasteiger partial charge is 0.462 e. The summed E-state index contributed by atoms with van der Waals surface area (Å²) >= 11 is 0. The smallest absolute Gasteiger partial charge is 0.340 e. The van der Waals surface area contributed by atoms with Gasteiger partial charge in [0.2, 0.25) is 0 Å². The second-order valence-corrected chi connectivity index (χ2v) is 6.23. The topological polar surface area (TPSA) is 39.2 Å². The third-order valence-electron chi connectivity index (χ3n) is 4.65. The summed E-state index contributed by atoms with van der Waals surface area (Å²) in [6, 6.07) is 22.1. The number of hydrogen-bond donors (Lipinski definition) is 0. The van der Waals surface area contributed by atoms with Crippen LogP contribution in [0.1, 0.15) is 22.8 Å². The first-order valence-corrected chi connectivity index (χ1v) is 8.75. The molecule has 128 valence electrons. The van der Waals surface area contributed by atoms with Gasteiger partial charge in [-0.1, -0.05) is 60.7 Å². The number of carbonyl (C=O) groups excluding carboxylic acids is 1. The van der Waals surface area contributed by atoms with E-state index in [9.17, 15) is 4.79 Å². The highest BCUT2D eigenvalue weighted by Crippen LogP contribution is 2.34. The molecule has 0 saturated heterocycles. The summed E-state index contributed by atoms with van der Waals surface area (Å²) in [5.41, 5.74) is 3.91. The van der Waals surface area contributed by atoms with E-state index in [0.717, 1.165) is 32.8 Å². The predicted octanol–water partition coefficient (Wildman–Crippen LogP) is 5.54. The van der Waals surface area contributed by atoms with Crippen LogP contribution in [0.25, 0.3) is 32.9 Å². The molecule has 0 saturated carbocycles. The maximum atomic E-state index is 12.8. The summed E-state index contributed by atoms with van der Waals surface area (Å²) in [6.45, 7) is 4.13. The molecule has 0 spiro atoms. The predicted molar refractivity (Wildman–Crippen MR) is 105 cm³/mol. The molecule has 3 heteroatoms. The van der Waals surface area contributed by atoms with Gasteiger partial charge >= 0.3 is 5.97 Å². The SMILES string of the molecule is CCOC(=O)c1c(-c2ccccc2)nc2ccc3ccccc3c2c1C. The average molecular weight is 341 g/mol. The minimum Gasteiger partial charge on any atom is -0.462 e. The van der Waals surface area contributed by atoms with E-state index < -0.39 is 0 Å². The Morgan fingerprint density at radius 1 is 0.962 bits per heavy atom. The van der Waals surface area contributed by atoms with Crippen LogP contribution in [0.2, 0.25) is 0 Å². The summed E-state index contributed by atoms with van der Waals surface area (Å²) in [4.78, 5) is 17.6. The molecule has 1 aromatic heterocycles. The first kappa shape index (κ1) is 16.3. The number of aromatic nitrogens is 1. The fraction of sp³-hybridized carbons (Fsp3) is 0.130. The Morgan fingerprint density at radius 2 is 1.69 bits per heavy atom. The van der Waals surface area contributed by atoms with Crippen LogP contribution in [0.15, 0.2) is 66.7 Å². The first-order valence-electron chi connectivity index (χ1n) is 8.75. The lowest BCUT2D eigenvalue weighted by Crippen LogP contribution is -2.10. The monoisotopic (exact) mass is 341 g/mol. The van der Waals surface area contributed by atoms with Crippen molar-refractivity contribution in [3.05, 3.63) is 77.9 Å². The van der Waals surface area contributed by atoms with Crippen molar-refractivity contribution in [1.29, 1.82) is 0 Å². The normalized spacial score (nSPS) is 11.0. The van der Waals surface area contributed by atoms with Crippen LogP contribution in [0, 0.1) is 6.92 Å². The molecule has 3 aromatic carbocycles. The van der Waals surface area contributed by atoms with Gasteiger partial charge in [-0.3, -0.25) is 0 Å². The molecule has 3 nitrogen and oxygen atoms in total. The lowest BCUT2D eigenvalue weighted by molar-refractivity contribution is 0.0526. The highest BCUT2D eigenvalue weighted by Gasteiger charge is 2.21. The molecule has 0 unspecified atom stereocenters. The van der Waals surface area contributed by atoms with E-state index in [1.54, 1.807) is 0 Å². The van der Waals surface area contributed by atoms with Gasteiger partial charge in [0.1, 0.15) is 0 Å². The Morgan fingerprint density at radius 3 is 2.46 bits per heavy atom. The molecule has 4 rings (SSSR count). The van der Waals surface area contributed by atoms with E-state index in [2.05, 4.69) is 18.2 Å². The third kappa shape index (κ3) is 2.62. The first-order chi connectivity index (χ1) is 12.7. The number of aryl methyl sites for hydroxylation is 1. The van der Waals surface area contributed by atoms with Gasteiger partial charge in [-0.2, -0.15) is 0 Å². The van der Waals surface area contributed by atoms with E-state index >= 15 is 0 Å². The quantitative estimate of drug-likeness (QED) is 0.363. The molecule has 1 heterocycles. The molecule has 0 N–H and O–H groups in total. The molecule has 0 aliphatic heterocycles. The Bertz CT molecular complexity index is 1120. The zero-order valence-electron chi connectivity index (χ0n) is 14.8. The highest BCUT2D eigenvalue weighted by atomic mass is 16.5. The van der Waals surface area contributed by atoms with Crippen molar-refractivity contribution in [2.24, 2.45) is 0 Å². The molecule has 26 heavy (non-hydrogen) atoms. The number of rotatable bonds is 3. The number of nitrogens with zero attached hydrogens (tertiary/aromatic N) is 1. The van der Waals surface area contributed by atoms with E-state index in [0.29, 0.717) is 17.9 Å². The number of benzene rings is 3. The fourth-order valence-electron chi connectivity index (χ4n) is 3.48. The van der Waals surface area contributed by atoms with Gasteiger partial charge in [0, 0.05) is 10.9 Å². The summed E-state index contributed by atoms with van der Waals surface area (Å²) in [5, 5.41) is 3.23. The average Bonchev–Trinajstić information content (AvgIpc) is 2.68. The minimum atomic E-state index is -0.328. The molecular formula is C23H19NO2. The highest BCUT2D eigenvalue weighted by molar-refractivity contribution is 6.12. The summed E-state index contributed by atoms with van der Waals surface area (Å²) in [5.74, 6) is -0.328. The molecule has 0 radical (unpaired) electrons. The van der Waals surface area contributed by atoms with Gasteiger partial charge < -0.3 is 4.74 Å². The second-order valence-electron chi connectivity index (χ2n) is 6.23. The molecule has 0 atom stereocenters. The molecule has 0 bridgehead atoms. The van der Waals surface area contributed by atoms with E-state index in [1.807, 2.05) is 62.4 Å². The molecular weight excluding hydrogens is 322 g/mol. The standard InChI is InChI=1S/C23H19NO2/c1-3-26-23(25)21-15(2)20-18-12-8-7-9-16(18)13-14-19(20)24-22(21)17-10-5-4-6-11-17/h4-14H,3H2,1-2H3. The summed E-state index contributed by atoms with van der Waals surface area (Å²) in [6.07, 6.45) is 0. The van der Waals surface area contributed by atoms with Gasteiger partial charge in [-0.25, -0.2) is 9.78 Å². The van der Waals surface area contributed by atoms with Crippen molar-refractivity contribution in [3.63, 3.8) is 0 Å². The van der Waals surface area contributed by atoms with Crippen molar-refractivity contribution in [2.45, 2.75) is 13.8 Å². The summed E-state index contributed by atoms with van der Waals surface area (Å²) < 4.78 is 5.35. The number of esters is 1. The van der Waals surface area contributed by atoms with Gasteiger partial charge in [0.15, 0.2) is 0 Å². The van der Waals surface area contributed by atoms with Crippen LogP contribution in [0.3, 0.4) is 0 Å². The van der Waals surface area contributed by atoms with E-state index in [1.165, 1.54) is 0 Å². The van der Waals surface area contributed by atoms with Crippen molar-refractivity contribution in [3.8, 4) is 11.3 Å². The van der Waals surface area contributed by atoms with E-state index in [4.69, 9.17) is 9.72 Å². The molecule has 0 fully saturated rings. The fourth-order valence-corrected chi connectivity index (χ4v) is 3.48. The van der Waals surface area contributed by atoms with Gasteiger partial charge in [-0.15, -0.1) is 0 Å². The van der Waals surface area contributed by atoms with Gasteiger partial charge in [-0.05, 0) is 36.2 Å².